The number of carbonyl (C=O) groups excluding carboxylic acids is 3. The third-order valence-corrected chi connectivity index (χ3v) is 6.02. The third kappa shape index (κ3) is 7.94. The number of para-hydroxylation sites is 1. The van der Waals surface area contributed by atoms with Crippen molar-refractivity contribution in [2.45, 2.75) is 79.1 Å². The Labute approximate surface area is 224 Å². The van der Waals surface area contributed by atoms with Gasteiger partial charge in [-0.15, -0.1) is 0 Å². The van der Waals surface area contributed by atoms with Crippen molar-refractivity contribution < 1.29 is 24.2 Å². The molecule has 0 aliphatic heterocycles. The number of alkyl carbamates (subject to hydrolysis) is 1. The van der Waals surface area contributed by atoms with Gasteiger partial charge in [-0.3, -0.25) is 9.59 Å². The fourth-order valence-electron chi connectivity index (χ4n) is 3.95. The summed E-state index contributed by atoms with van der Waals surface area (Å²) < 4.78 is 5.27. The maximum atomic E-state index is 13.9. The summed E-state index contributed by atoms with van der Waals surface area (Å²) in [5.41, 5.74) is 2.76. The van der Waals surface area contributed by atoms with E-state index in [1.165, 1.54) is 4.90 Å². The minimum absolute atomic E-state index is 0.371. The lowest BCUT2D eigenvalue weighted by molar-refractivity contribution is -0.143. The van der Waals surface area contributed by atoms with Gasteiger partial charge in [-0.2, -0.15) is 0 Å². The number of amides is 3. The van der Waals surface area contributed by atoms with Crippen LogP contribution in [0.15, 0.2) is 36.4 Å². The van der Waals surface area contributed by atoms with Gasteiger partial charge in [-0.1, -0.05) is 47.5 Å². The number of aliphatic hydroxyl groups is 1. The highest BCUT2D eigenvalue weighted by Gasteiger charge is 2.38. The van der Waals surface area contributed by atoms with Crippen LogP contribution in [0.2, 0.25) is 5.02 Å². The number of anilines is 1. The first kappa shape index (κ1) is 30.1. The van der Waals surface area contributed by atoms with Crippen molar-refractivity contribution in [1.29, 1.82) is 0 Å². The quantitative estimate of drug-likeness (QED) is 0.441. The van der Waals surface area contributed by atoms with Crippen molar-refractivity contribution in [3.05, 3.63) is 63.7 Å². The van der Waals surface area contributed by atoms with Gasteiger partial charge in [-0.25, -0.2) is 4.79 Å². The molecule has 2 aromatic carbocycles. The molecule has 0 spiro atoms. The summed E-state index contributed by atoms with van der Waals surface area (Å²) in [4.78, 5) is 41.5. The second-order valence-electron chi connectivity index (χ2n) is 10.4. The first-order valence-electron chi connectivity index (χ1n) is 12.2. The molecule has 0 radical (unpaired) electrons. The van der Waals surface area contributed by atoms with E-state index in [-0.39, 0.29) is 0 Å². The number of rotatable bonds is 8. The second-order valence-corrected chi connectivity index (χ2v) is 10.8. The summed E-state index contributed by atoms with van der Waals surface area (Å²) in [7, 11) is 0. The average molecular weight is 532 g/mol. The van der Waals surface area contributed by atoms with Crippen molar-refractivity contribution in [3.63, 3.8) is 0 Å². The maximum absolute atomic E-state index is 13.9. The minimum Gasteiger partial charge on any atom is -0.444 e. The van der Waals surface area contributed by atoms with Gasteiger partial charge in [-0.05, 0) is 78.1 Å². The van der Waals surface area contributed by atoms with E-state index in [4.69, 9.17) is 16.3 Å². The molecule has 0 aromatic heterocycles. The molecule has 3 amide bonds. The van der Waals surface area contributed by atoms with Crippen LogP contribution >= 0.6 is 11.6 Å². The van der Waals surface area contributed by atoms with E-state index in [0.29, 0.717) is 16.3 Å². The molecule has 2 rings (SSSR count). The number of halogens is 1. The van der Waals surface area contributed by atoms with Crippen LogP contribution in [-0.2, 0) is 14.3 Å². The Bertz CT molecular complexity index is 1120. The molecule has 202 valence electrons. The molecule has 2 unspecified atom stereocenters. The Morgan fingerprint density at radius 1 is 1.05 bits per heavy atom. The molecule has 0 bridgehead atoms. The zero-order valence-electron chi connectivity index (χ0n) is 22.8. The molecule has 0 fully saturated rings. The molecule has 0 heterocycles. The normalized spacial score (nSPS) is 13.1. The largest absolute Gasteiger partial charge is 0.444 e. The monoisotopic (exact) mass is 531 g/mol. The van der Waals surface area contributed by atoms with E-state index in [9.17, 15) is 19.5 Å². The number of nitrogens with one attached hydrogen (secondary N) is 2. The molecule has 8 nitrogen and oxygen atoms in total. The van der Waals surface area contributed by atoms with Gasteiger partial charge >= 0.3 is 6.09 Å². The number of hydrogen-bond acceptors (Lipinski definition) is 5. The molecule has 0 saturated heterocycles. The van der Waals surface area contributed by atoms with Gasteiger partial charge in [0.1, 0.15) is 17.7 Å². The van der Waals surface area contributed by atoms with Crippen molar-refractivity contribution in [3.8, 4) is 0 Å². The van der Waals surface area contributed by atoms with E-state index in [0.717, 1.165) is 16.7 Å². The molecule has 0 saturated carbocycles. The van der Waals surface area contributed by atoms with Gasteiger partial charge in [0, 0.05) is 6.04 Å². The van der Waals surface area contributed by atoms with Gasteiger partial charge in [0.2, 0.25) is 5.91 Å². The van der Waals surface area contributed by atoms with Crippen molar-refractivity contribution in [1.82, 2.24) is 10.2 Å². The lowest BCUT2D eigenvalue weighted by Crippen LogP contribution is -2.55. The van der Waals surface area contributed by atoms with Crippen LogP contribution in [0.25, 0.3) is 0 Å². The van der Waals surface area contributed by atoms with Crippen LogP contribution in [0.3, 0.4) is 0 Å². The minimum atomic E-state index is -1.32. The van der Waals surface area contributed by atoms with Gasteiger partial charge < -0.3 is 25.4 Å². The number of aliphatic hydroxyl groups excluding tert-OH is 1. The topological polar surface area (TPSA) is 108 Å². The van der Waals surface area contributed by atoms with E-state index in [1.807, 2.05) is 45.0 Å². The Kier molecular flexibility index (Phi) is 10.1. The smallest absolute Gasteiger partial charge is 0.408 e. The van der Waals surface area contributed by atoms with Gasteiger partial charge in [0.25, 0.3) is 5.91 Å². The van der Waals surface area contributed by atoms with Crippen LogP contribution in [0, 0.1) is 20.8 Å². The number of ether oxygens (including phenoxy) is 1. The highest BCUT2D eigenvalue weighted by molar-refractivity contribution is 6.34. The molecular weight excluding hydrogens is 494 g/mol. The molecule has 0 aliphatic carbocycles. The summed E-state index contributed by atoms with van der Waals surface area (Å²) >= 11 is 6.38. The summed E-state index contributed by atoms with van der Waals surface area (Å²) in [6.07, 6.45) is -0.844. The molecular formula is C28H38ClN3O5. The first-order chi connectivity index (χ1) is 17.2. The highest BCUT2D eigenvalue weighted by Crippen LogP contribution is 2.32. The van der Waals surface area contributed by atoms with Crippen molar-refractivity contribution >= 4 is 35.2 Å². The fraction of sp³-hybridized carbons (Fsp3) is 0.464. The SMILES string of the molecule is Cc1ccc(C)c(C(C(=O)Nc2c(C)cccc2Cl)N(C(=O)C(CO)NC(=O)OC(C)(C)C)C(C)C)c1. The second kappa shape index (κ2) is 12.4. The standard InChI is InChI=1S/C28H38ClN3O5/c1-16(2)32(26(35)22(15-33)30-27(36)37-28(6,7)8)24(20-14-17(3)12-13-18(20)4)25(34)31-23-19(5)10-9-11-21(23)29/h9-14,16,22,24,33H,15H2,1-8H3,(H,30,36)(H,31,34). The van der Waals surface area contributed by atoms with E-state index in [2.05, 4.69) is 10.6 Å². The molecule has 9 heteroatoms. The molecule has 37 heavy (non-hydrogen) atoms. The van der Waals surface area contributed by atoms with E-state index in [1.54, 1.807) is 46.8 Å². The van der Waals surface area contributed by atoms with Crippen LogP contribution in [-0.4, -0.2) is 52.2 Å². The highest BCUT2D eigenvalue weighted by atomic mass is 35.5. The average Bonchev–Trinajstić information content (AvgIpc) is 2.78. The van der Waals surface area contributed by atoms with Crippen LogP contribution in [0.4, 0.5) is 10.5 Å². The van der Waals surface area contributed by atoms with Crippen molar-refractivity contribution in [2.75, 3.05) is 11.9 Å². The number of hydrogen-bond donors (Lipinski definition) is 3. The number of benzene rings is 2. The Morgan fingerprint density at radius 3 is 2.24 bits per heavy atom. The molecule has 3 N–H and O–H groups in total. The van der Waals surface area contributed by atoms with E-state index >= 15 is 0 Å². The first-order valence-corrected chi connectivity index (χ1v) is 12.6. The zero-order valence-corrected chi connectivity index (χ0v) is 23.6. The molecule has 2 atom stereocenters. The summed E-state index contributed by atoms with van der Waals surface area (Å²) in [5, 5.41) is 15.8. The molecule has 2 aromatic rings. The fourth-order valence-corrected chi connectivity index (χ4v) is 4.22. The summed E-state index contributed by atoms with van der Waals surface area (Å²) in [6.45, 7) is 13.5. The van der Waals surface area contributed by atoms with Crippen LogP contribution in [0.1, 0.15) is 62.9 Å². The lowest BCUT2D eigenvalue weighted by Gasteiger charge is -2.37. The molecule has 0 aliphatic rings. The Balaban J connectivity index is 2.57. The summed E-state index contributed by atoms with van der Waals surface area (Å²) in [6, 6.07) is 8.10. The summed E-state index contributed by atoms with van der Waals surface area (Å²) in [5.74, 6) is -1.10. The number of aryl methyl sites for hydroxylation is 3. The van der Waals surface area contributed by atoms with Crippen molar-refractivity contribution in [2.24, 2.45) is 0 Å². The zero-order chi connectivity index (χ0) is 28.1. The lowest BCUT2D eigenvalue weighted by atomic mass is 9.95. The number of nitrogens with zero attached hydrogens (tertiary/aromatic N) is 1. The third-order valence-electron chi connectivity index (χ3n) is 5.71. The number of carbonyl (C=O) groups is 3. The van der Waals surface area contributed by atoms with Crippen LogP contribution < -0.4 is 10.6 Å². The Morgan fingerprint density at radius 2 is 1.70 bits per heavy atom. The van der Waals surface area contributed by atoms with Crippen LogP contribution in [0.5, 0.6) is 0 Å². The van der Waals surface area contributed by atoms with Gasteiger partial charge in [0.15, 0.2) is 0 Å². The maximum Gasteiger partial charge on any atom is 0.408 e. The van der Waals surface area contributed by atoms with E-state index < -0.39 is 48.2 Å². The van der Waals surface area contributed by atoms with Gasteiger partial charge in [0.05, 0.1) is 17.3 Å². The Hall–Kier alpha value is -3.10. The predicted molar refractivity (Wildman–Crippen MR) is 146 cm³/mol. The predicted octanol–water partition coefficient (Wildman–Crippen LogP) is 5.07.